The maximum atomic E-state index is 14.2. The minimum absolute atomic E-state index is 0.0124. The number of nitrogens with zero attached hydrogens (tertiary/aromatic N) is 3. The zero-order valence-corrected chi connectivity index (χ0v) is 24.4. The van der Waals surface area contributed by atoms with Crippen LogP contribution in [0.4, 0.5) is 24.9 Å². The van der Waals surface area contributed by atoms with Gasteiger partial charge in [-0.25, -0.2) is 4.98 Å². The van der Waals surface area contributed by atoms with Crippen LogP contribution >= 0.6 is 0 Å². The topological polar surface area (TPSA) is 87.2 Å². The van der Waals surface area contributed by atoms with Gasteiger partial charge >= 0.3 is 6.18 Å². The van der Waals surface area contributed by atoms with Gasteiger partial charge in [-0.2, -0.15) is 18.2 Å². The Morgan fingerprint density at radius 1 is 0.756 bits per heavy atom. The molecule has 0 fully saturated rings. The summed E-state index contributed by atoms with van der Waals surface area (Å²) < 4.78 is 56.4. The highest BCUT2D eigenvalue weighted by atomic mass is 19.4. The fraction of sp³-hybridized carbons (Fsp3) is 0.200. The number of nitrogens with one attached hydrogen (secondary N) is 1. The third-order valence-corrected chi connectivity index (χ3v) is 7.48. The van der Waals surface area contributed by atoms with Crippen LogP contribution in [0.5, 0.6) is 0 Å². The third-order valence-electron chi connectivity index (χ3n) is 7.48. The van der Waals surface area contributed by atoms with Crippen molar-refractivity contribution in [2.75, 3.05) is 30.8 Å². The first-order valence-corrected chi connectivity index (χ1v) is 14.6. The number of nitrogen functional groups attached to an aromatic ring is 1. The molecule has 6 rings (SSSR count). The van der Waals surface area contributed by atoms with Gasteiger partial charge in [-0.3, -0.25) is 0 Å². The second-order valence-corrected chi connectivity index (χ2v) is 10.6. The molecule has 2 aromatic heterocycles. The Labute approximate surface area is 258 Å². The first-order chi connectivity index (χ1) is 21.9. The molecule has 0 radical (unpaired) electrons. The fourth-order valence-electron chi connectivity index (χ4n) is 5.46. The van der Waals surface area contributed by atoms with Gasteiger partial charge in [0.15, 0.2) is 0 Å². The smallest absolute Gasteiger partial charge is 0.375 e. The maximum Gasteiger partial charge on any atom is 0.417 e. The van der Waals surface area contributed by atoms with E-state index in [-0.39, 0.29) is 11.5 Å². The molecule has 4 aromatic carbocycles. The Hall–Kier alpha value is -4.93. The highest BCUT2D eigenvalue weighted by Crippen LogP contribution is 2.43. The first kappa shape index (κ1) is 30.1. The molecule has 0 amide bonds. The van der Waals surface area contributed by atoms with E-state index in [1.807, 2.05) is 77.5 Å². The van der Waals surface area contributed by atoms with E-state index >= 15 is 0 Å². The van der Waals surface area contributed by atoms with Crippen LogP contribution in [0, 0.1) is 0 Å². The van der Waals surface area contributed by atoms with E-state index in [0.717, 1.165) is 17.2 Å². The minimum Gasteiger partial charge on any atom is -0.375 e. The van der Waals surface area contributed by atoms with Crippen LogP contribution in [0.25, 0.3) is 32.9 Å². The van der Waals surface area contributed by atoms with E-state index in [9.17, 15) is 13.2 Å². The lowest BCUT2D eigenvalue weighted by Gasteiger charge is -2.18. The van der Waals surface area contributed by atoms with Gasteiger partial charge < -0.3 is 25.1 Å². The lowest BCUT2D eigenvalue weighted by atomic mass is 9.95. The van der Waals surface area contributed by atoms with Crippen LogP contribution in [0.15, 0.2) is 103 Å². The number of hydrogen-bond acceptors (Lipinski definition) is 6. The molecule has 7 nitrogen and oxygen atoms in total. The minimum atomic E-state index is -4.55. The third kappa shape index (κ3) is 6.92. The monoisotopic (exact) mass is 611 g/mol. The van der Waals surface area contributed by atoms with E-state index in [4.69, 9.17) is 15.2 Å². The van der Waals surface area contributed by atoms with Gasteiger partial charge in [0.1, 0.15) is 5.82 Å². The Morgan fingerprint density at radius 2 is 1.40 bits per heavy atom. The van der Waals surface area contributed by atoms with Gasteiger partial charge in [0.2, 0.25) is 5.95 Å². The number of benzene rings is 4. The lowest BCUT2D eigenvalue weighted by Crippen LogP contribution is -2.12. The van der Waals surface area contributed by atoms with Crippen LogP contribution in [0.2, 0.25) is 0 Å². The highest BCUT2D eigenvalue weighted by Gasteiger charge is 2.34. The normalized spacial score (nSPS) is 11.8. The van der Waals surface area contributed by atoms with Crippen molar-refractivity contribution < 1.29 is 22.6 Å². The molecule has 230 valence electrons. The molecule has 0 aliphatic rings. The van der Waals surface area contributed by atoms with Crippen molar-refractivity contribution in [3.05, 3.63) is 120 Å². The number of halogens is 3. The quantitative estimate of drug-likeness (QED) is 0.138. The molecule has 0 saturated heterocycles. The summed E-state index contributed by atoms with van der Waals surface area (Å²) >= 11 is 0. The average Bonchev–Trinajstić information content (AvgIpc) is 3.46. The zero-order chi connectivity index (χ0) is 31.2. The van der Waals surface area contributed by atoms with Crippen molar-refractivity contribution in [3.8, 4) is 11.1 Å². The lowest BCUT2D eigenvalue weighted by molar-refractivity contribution is -0.137. The molecule has 0 unspecified atom stereocenters. The predicted octanol–water partition coefficient (Wildman–Crippen LogP) is 7.70. The maximum absolute atomic E-state index is 14.2. The summed E-state index contributed by atoms with van der Waals surface area (Å²) in [6.07, 6.45) is -2.69. The van der Waals surface area contributed by atoms with Crippen molar-refractivity contribution in [3.63, 3.8) is 0 Å². The molecule has 0 spiro atoms. The van der Waals surface area contributed by atoms with Crippen molar-refractivity contribution in [1.29, 1.82) is 0 Å². The average molecular weight is 612 g/mol. The standard InChI is InChI=1S/C35H32F3N5O2/c36-35(37,38)29-14-8-7-13-26(29)28-21-30-31(27-15-17-43(32(27)28)18-20-45-23-25-11-5-2-6-12-25)33(42-34(39)41-30)40-16-19-44-22-24-9-3-1-4-10-24/h1-15,17,21H,16,18-20,22-23H2,(H3,39,40,41,42). The summed E-state index contributed by atoms with van der Waals surface area (Å²) in [5.41, 5.74) is 9.00. The molecule has 2 heterocycles. The number of ether oxygens (including phenoxy) is 2. The number of fused-ring (bicyclic) bond motifs is 3. The fourth-order valence-corrected chi connectivity index (χ4v) is 5.46. The number of rotatable bonds is 12. The second kappa shape index (κ2) is 13.4. The van der Waals surface area contributed by atoms with Crippen LogP contribution in [0.3, 0.4) is 0 Å². The molecule has 6 aromatic rings. The molecule has 0 saturated carbocycles. The molecule has 0 bridgehead atoms. The van der Waals surface area contributed by atoms with E-state index in [1.54, 1.807) is 12.1 Å². The van der Waals surface area contributed by atoms with Gasteiger partial charge in [-0.05, 0) is 34.9 Å². The van der Waals surface area contributed by atoms with Crippen LogP contribution < -0.4 is 11.1 Å². The predicted molar refractivity (Wildman–Crippen MR) is 171 cm³/mol. The molecule has 0 aliphatic carbocycles. The molecule has 10 heteroatoms. The molecular weight excluding hydrogens is 579 g/mol. The van der Waals surface area contributed by atoms with Crippen LogP contribution in [-0.2, 0) is 35.4 Å². The van der Waals surface area contributed by atoms with Crippen molar-refractivity contribution in [1.82, 2.24) is 14.5 Å². The van der Waals surface area contributed by atoms with Crippen LogP contribution in [0.1, 0.15) is 16.7 Å². The summed E-state index contributed by atoms with van der Waals surface area (Å²) in [6, 6.07) is 28.8. The molecule has 0 atom stereocenters. The Kier molecular flexibility index (Phi) is 8.95. The Bertz CT molecular complexity index is 1890. The molecule has 0 aliphatic heterocycles. The zero-order valence-electron chi connectivity index (χ0n) is 24.4. The van der Waals surface area contributed by atoms with Crippen molar-refractivity contribution in [2.24, 2.45) is 0 Å². The summed E-state index contributed by atoms with van der Waals surface area (Å²) in [6.45, 7) is 2.53. The Morgan fingerprint density at radius 3 is 2.09 bits per heavy atom. The highest BCUT2D eigenvalue weighted by molar-refractivity contribution is 6.16. The molecule has 3 N–H and O–H groups in total. The van der Waals surface area contributed by atoms with Gasteiger partial charge in [-0.15, -0.1) is 0 Å². The van der Waals surface area contributed by atoms with Crippen LogP contribution in [-0.4, -0.2) is 34.3 Å². The number of nitrogens with two attached hydrogens (primary N) is 1. The van der Waals surface area contributed by atoms with E-state index in [1.165, 1.54) is 12.1 Å². The summed E-state index contributed by atoms with van der Waals surface area (Å²) in [4.78, 5) is 8.92. The van der Waals surface area contributed by atoms with E-state index in [2.05, 4.69) is 15.3 Å². The van der Waals surface area contributed by atoms with Gasteiger partial charge in [0, 0.05) is 30.2 Å². The number of aromatic nitrogens is 3. The van der Waals surface area contributed by atoms with Crippen molar-refractivity contribution in [2.45, 2.75) is 25.9 Å². The van der Waals surface area contributed by atoms with E-state index in [0.29, 0.717) is 72.7 Å². The molecular formula is C35H32F3N5O2. The molecule has 45 heavy (non-hydrogen) atoms. The first-order valence-electron chi connectivity index (χ1n) is 14.6. The Balaban J connectivity index is 1.36. The van der Waals surface area contributed by atoms with Gasteiger partial charge in [0.05, 0.1) is 48.4 Å². The largest absolute Gasteiger partial charge is 0.417 e. The van der Waals surface area contributed by atoms with Crippen molar-refractivity contribution >= 4 is 33.6 Å². The van der Waals surface area contributed by atoms with E-state index < -0.39 is 11.7 Å². The van der Waals surface area contributed by atoms with Gasteiger partial charge in [-0.1, -0.05) is 78.9 Å². The second-order valence-electron chi connectivity index (χ2n) is 10.6. The number of hydrogen-bond donors (Lipinski definition) is 2. The number of anilines is 2. The summed E-state index contributed by atoms with van der Waals surface area (Å²) in [5, 5.41) is 4.68. The SMILES string of the molecule is Nc1nc(NCCOCc2ccccc2)c2c(cc(-c3ccccc3C(F)(F)F)c3c2ccn3CCOCc2ccccc2)n1. The van der Waals surface area contributed by atoms with Gasteiger partial charge in [0.25, 0.3) is 0 Å². The number of alkyl halides is 3. The summed E-state index contributed by atoms with van der Waals surface area (Å²) in [5.74, 6) is 0.498. The summed E-state index contributed by atoms with van der Waals surface area (Å²) in [7, 11) is 0.